The minimum Gasteiger partial charge on any atom is -0.331 e. The highest BCUT2D eigenvalue weighted by atomic mass is 19.1. The highest BCUT2D eigenvalue weighted by Gasteiger charge is 2.48. The molecule has 2 aromatic rings. The first kappa shape index (κ1) is 19.2. The van der Waals surface area contributed by atoms with Crippen LogP contribution in [0.1, 0.15) is 70.6 Å². The second kappa shape index (κ2) is 6.91. The Hall–Kier alpha value is -2.73. The minimum absolute atomic E-state index is 0.0975. The van der Waals surface area contributed by atoms with Crippen molar-refractivity contribution in [2.45, 2.75) is 62.9 Å². The summed E-state index contributed by atoms with van der Waals surface area (Å²) in [5, 5.41) is 9.45. The SMILES string of the molecule is Cc1c(F)cccc1[C@]1(C(=O)NO)CCC(c2ccc3c(c2)CN(C2CC2)C3=O)C1. The van der Waals surface area contributed by atoms with Gasteiger partial charge in [0.05, 0.1) is 5.41 Å². The third-order valence-corrected chi connectivity index (χ3v) is 7.25. The van der Waals surface area contributed by atoms with Crippen molar-refractivity contribution in [2.24, 2.45) is 0 Å². The summed E-state index contributed by atoms with van der Waals surface area (Å²) in [5.41, 5.74) is 4.86. The Morgan fingerprint density at radius 2 is 2.03 bits per heavy atom. The lowest BCUT2D eigenvalue weighted by Crippen LogP contribution is -2.42. The average Bonchev–Trinajstić information content (AvgIpc) is 3.41. The summed E-state index contributed by atoms with van der Waals surface area (Å²) in [6, 6.07) is 11.2. The number of hydroxylamine groups is 1. The Balaban J connectivity index is 1.47. The molecule has 2 aliphatic carbocycles. The number of hydrogen-bond acceptors (Lipinski definition) is 3. The zero-order valence-corrected chi connectivity index (χ0v) is 17.0. The summed E-state index contributed by atoms with van der Waals surface area (Å²) < 4.78 is 14.3. The molecule has 30 heavy (non-hydrogen) atoms. The van der Waals surface area contributed by atoms with Crippen molar-refractivity contribution >= 4 is 11.8 Å². The van der Waals surface area contributed by atoms with E-state index in [0.717, 1.165) is 36.0 Å². The van der Waals surface area contributed by atoms with Gasteiger partial charge < -0.3 is 4.90 Å². The molecule has 2 atom stereocenters. The molecule has 0 saturated heterocycles. The van der Waals surface area contributed by atoms with E-state index in [9.17, 15) is 19.2 Å². The Morgan fingerprint density at radius 1 is 1.23 bits per heavy atom. The lowest BCUT2D eigenvalue weighted by Gasteiger charge is -2.29. The van der Waals surface area contributed by atoms with Crippen LogP contribution in [0, 0.1) is 12.7 Å². The van der Waals surface area contributed by atoms with Crippen LogP contribution in [0.4, 0.5) is 4.39 Å². The molecule has 0 bridgehead atoms. The number of rotatable bonds is 4. The number of amides is 2. The maximum Gasteiger partial charge on any atom is 0.254 e. The van der Waals surface area contributed by atoms with Gasteiger partial charge in [0.1, 0.15) is 5.82 Å². The van der Waals surface area contributed by atoms with E-state index in [2.05, 4.69) is 6.07 Å². The van der Waals surface area contributed by atoms with E-state index in [1.54, 1.807) is 19.1 Å². The van der Waals surface area contributed by atoms with Crippen molar-refractivity contribution in [1.82, 2.24) is 10.4 Å². The van der Waals surface area contributed by atoms with E-state index >= 15 is 0 Å². The van der Waals surface area contributed by atoms with Crippen LogP contribution in [0.25, 0.3) is 0 Å². The second-order valence-corrected chi connectivity index (χ2v) is 8.96. The lowest BCUT2D eigenvalue weighted by molar-refractivity contribution is -0.135. The molecule has 1 heterocycles. The molecule has 1 unspecified atom stereocenters. The average molecular weight is 408 g/mol. The molecule has 6 heteroatoms. The van der Waals surface area contributed by atoms with Gasteiger partial charge >= 0.3 is 0 Å². The quantitative estimate of drug-likeness (QED) is 0.594. The molecule has 2 N–H and O–H groups in total. The first-order chi connectivity index (χ1) is 14.4. The number of halogens is 1. The molecule has 2 amide bonds. The highest BCUT2D eigenvalue weighted by Crippen LogP contribution is 2.50. The molecule has 2 fully saturated rings. The summed E-state index contributed by atoms with van der Waals surface area (Å²) in [5.74, 6) is -0.623. The first-order valence-electron chi connectivity index (χ1n) is 10.6. The topological polar surface area (TPSA) is 69.6 Å². The van der Waals surface area contributed by atoms with Gasteiger partial charge in [0.15, 0.2) is 0 Å². The molecular weight excluding hydrogens is 383 g/mol. The fraction of sp³-hybridized carbons (Fsp3) is 0.417. The van der Waals surface area contributed by atoms with Gasteiger partial charge in [0, 0.05) is 18.2 Å². The van der Waals surface area contributed by atoms with E-state index < -0.39 is 11.3 Å². The van der Waals surface area contributed by atoms with Crippen LogP contribution in [-0.4, -0.2) is 28.0 Å². The molecule has 5 rings (SSSR count). The van der Waals surface area contributed by atoms with Crippen molar-refractivity contribution in [3.8, 4) is 0 Å². The molecule has 1 aliphatic heterocycles. The Kier molecular flexibility index (Phi) is 4.43. The summed E-state index contributed by atoms with van der Waals surface area (Å²) in [6.07, 6.45) is 3.94. The molecule has 0 aromatic heterocycles. The summed E-state index contributed by atoms with van der Waals surface area (Å²) in [7, 11) is 0. The van der Waals surface area contributed by atoms with Gasteiger partial charge in [-0.1, -0.05) is 24.3 Å². The van der Waals surface area contributed by atoms with E-state index in [1.807, 2.05) is 22.5 Å². The monoisotopic (exact) mass is 408 g/mol. The summed E-state index contributed by atoms with van der Waals surface area (Å²) >= 11 is 0. The summed E-state index contributed by atoms with van der Waals surface area (Å²) in [6.45, 7) is 2.34. The lowest BCUT2D eigenvalue weighted by atomic mass is 9.75. The zero-order valence-electron chi connectivity index (χ0n) is 17.0. The molecule has 0 radical (unpaired) electrons. The van der Waals surface area contributed by atoms with Gasteiger partial charge in [-0.15, -0.1) is 0 Å². The van der Waals surface area contributed by atoms with Crippen LogP contribution in [0.3, 0.4) is 0 Å². The van der Waals surface area contributed by atoms with Crippen LogP contribution < -0.4 is 5.48 Å². The smallest absolute Gasteiger partial charge is 0.254 e. The van der Waals surface area contributed by atoms with Gasteiger partial charge in [0.25, 0.3) is 11.8 Å². The van der Waals surface area contributed by atoms with Gasteiger partial charge in [-0.2, -0.15) is 0 Å². The largest absolute Gasteiger partial charge is 0.331 e. The molecule has 5 nitrogen and oxygen atoms in total. The van der Waals surface area contributed by atoms with Crippen molar-refractivity contribution in [2.75, 3.05) is 0 Å². The number of fused-ring (bicyclic) bond motifs is 1. The fourth-order valence-corrected chi connectivity index (χ4v) is 5.43. The summed E-state index contributed by atoms with van der Waals surface area (Å²) in [4.78, 5) is 27.4. The highest BCUT2D eigenvalue weighted by molar-refractivity contribution is 5.98. The van der Waals surface area contributed by atoms with E-state index in [1.165, 1.54) is 6.07 Å². The molecule has 3 aliphatic rings. The molecule has 156 valence electrons. The van der Waals surface area contributed by atoms with Crippen molar-refractivity contribution in [3.05, 3.63) is 70.0 Å². The number of benzene rings is 2. The number of carbonyl (C=O) groups is 2. The number of carbonyl (C=O) groups excluding carboxylic acids is 2. The predicted molar refractivity (Wildman–Crippen MR) is 109 cm³/mol. The normalized spacial score (nSPS) is 25.5. The number of nitrogens with zero attached hydrogens (tertiary/aromatic N) is 1. The van der Waals surface area contributed by atoms with Gasteiger partial charge in [-0.05, 0) is 79.3 Å². The van der Waals surface area contributed by atoms with Gasteiger partial charge in [0.2, 0.25) is 0 Å². The van der Waals surface area contributed by atoms with E-state index in [0.29, 0.717) is 36.6 Å². The number of nitrogens with one attached hydrogen (secondary N) is 1. The standard InChI is InChI=1S/C24H25FN2O3/c1-14-20(3-2-4-21(14)25)24(23(29)26-30)10-9-16(12-24)15-5-8-19-17(11-15)13-27(22(19)28)18-6-7-18/h2-5,8,11,16,18,30H,6-7,9-10,12-13H2,1H3,(H,26,29)/t16?,24-/m0/s1. The van der Waals surface area contributed by atoms with Crippen LogP contribution >= 0.6 is 0 Å². The molecular formula is C24H25FN2O3. The van der Waals surface area contributed by atoms with Gasteiger partial charge in [-0.3, -0.25) is 14.8 Å². The molecule has 2 saturated carbocycles. The minimum atomic E-state index is -0.972. The maximum atomic E-state index is 14.3. The maximum absolute atomic E-state index is 14.3. The van der Waals surface area contributed by atoms with Crippen LogP contribution in [0.2, 0.25) is 0 Å². The van der Waals surface area contributed by atoms with Crippen molar-refractivity contribution in [1.29, 1.82) is 0 Å². The predicted octanol–water partition coefficient (Wildman–Crippen LogP) is 3.96. The van der Waals surface area contributed by atoms with Crippen LogP contribution in [-0.2, 0) is 16.8 Å². The fourth-order valence-electron chi connectivity index (χ4n) is 5.43. The van der Waals surface area contributed by atoms with Crippen LogP contribution in [0.15, 0.2) is 36.4 Å². The molecule has 2 aromatic carbocycles. The third kappa shape index (κ3) is 2.85. The second-order valence-electron chi connectivity index (χ2n) is 8.96. The van der Waals surface area contributed by atoms with Gasteiger partial charge in [-0.25, -0.2) is 9.87 Å². The first-order valence-corrected chi connectivity index (χ1v) is 10.6. The Bertz CT molecular complexity index is 1050. The zero-order chi connectivity index (χ0) is 21.0. The van der Waals surface area contributed by atoms with Crippen molar-refractivity contribution < 1.29 is 19.2 Å². The van der Waals surface area contributed by atoms with Crippen molar-refractivity contribution in [3.63, 3.8) is 0 Å². The van der Waals surface area contributed by atoms with Crippen LogP contribution in [0.5, 0.6) is 0 Å². The Labute approximate surface area is 174 Å². The van der Waals surface area contributed by atoms with E-state index in [-0.39, 0.29) is 17.6 Å². The third-order valence-electron chi connectivity index (χ3n) is 7.25. The Morgan fingerprint density at radius 3 is 2.77 bits per heavy atom. The van der Waals surface area contributed by atoms with E-state index in [4.69, 9.17) is 0 Å². The number of hydrogen-bond donors (Lipinski definition) is 2. The molecule has 0 spiro atoms.